The Bertz CT molecular complexity index is 1130. The number of hydrogen-bond acceptors (Lipinski definition) is 6. The van der Waals surface area contributed by atoms with Gasteiger partial charge in [-0.15, -0.1) is 0 Å². The van der Waals surface area contributed by atoms with Gasteiger partial charge >= 0.3 is 5.97 Å². The number of esters is 1. The third-order valence-electron chi connectivity index (χ3n) is 5.84. The van der Waals surface area contributed by atoms with Gasteiger partial charge in [-0.2, -0.15) is 5.10 Å². The molecule has 3 aromatic rings. The van der Waals surface area contributed by atoms with E-state index in [0.29, 0.717) is 36.3 Å². The highest BCUT2D eigenvalue weighted by molar-refractivity contribution is 6.30. The van der Waals surface area contributed by atoms with Crippen molar-refractivity contribution in [3.05, 3.63) is 69.4 Å². The lowest BCUT2D eigenvalue weighted by molar-refractivity contribution is -0.141. The number of nitrogens with zero attached hydrogens (tertiary/aromatic N) is 4. The van der Waals surface area contributed by atoms with Gasteiger partial charge in [-0.1, -0.05) is 23.7 Å². The summed E-state index contributed by atoms with van der Waals surface area (Å²) in [7, 11) is 1.40. The van der Waals surface area contributed by atoms with E-state index in [9.17, 15) is 9.59 Å². The van der Waals surface area contributed by atoms with Gasteiger partial charge in [0.15, 0.2) is 0 Å². The normalized spacial score (nSPS) is 16.6. The fraction of sp³-hybridized carbons (Fsp3) is 0.391. The van der Waals surface area contributed by atoms with Gasteiger partial charge in [0.2, 0.25) is 0 Å². The average molecular weight is 441 g/mol. The first kappa shape index (κ1) is 21.5. The standard InChI is InChI=1S/C23H25ClN4O3/c1-31-22(29)9-12-27-11-2-3-18(27)15-28-23(30)19-8-10-25-14-20(19)21(26-28)13-16-4-6-17(24)7-5-16/h4-8,10,14,18H,2-3,9,11-13,15H2,1H3/t18-/m1/s1. The number of rotatable bonds is 7. The molecule has 1 saturated heterocycles. The van der Waals surface area contributed by atoms with Crippen LogP contribution in [0.15, 0.2) is 47.5 Å². The molecule has 2 aromatic heterocycles. The van der Waals surface area contributed by atoms with Crippen molar-refractivity contribution in [2.45, 2.75) is 38.3 Å². The molecule has 1 fully saturated rings. The zero-order chi connectivity index (χ0) is 21.8. The zero-order valence-corrected chi connectivity index (χ0v) is 18.2. The van der Waals surface area contributed by atoms with Crippen LogP contribution < -0.4 is 5.56 Å². The molecule has 0 spiro atoms. The SMILES string of the molecule is COC(=O)CCN1CCC[C@@H]1Cn1nc(Cc2ccc(Cl)cc2)c2cnccc2c1=O. The molecule has 1 aromatic carbocycles. The molecule has 0 amide bonds. The molecule has 7 nitrogen and oxygen atoms in total. The summed E-state index contributed by atoms with van der Waals surface area (Å²) in [6.07, 6.45) is 6.28. The number of benzene rings is 1. The van der Waals surface area contributed by atoms with E-state index in [1.165, 1.54) is 7.11 Å². The van der Waals surface area contributed by atoms with Gasteiger partial charge in [0.1, 0.15) is 0 Å². The highest BCUT2D eigenvalue weighted by Crippen LogP contribution is 2.21. The Balaban J connectivity index is 1.63. The van der Waals surface area contributed by atoms with Crippen LogP contribution in [0.3, 0.4) is 0 Å². The Hall–Kier alpha value is -2.77. The number of likely N-dealkylation sites (tertiary alicyclic amines) is 1. The molecule has 0 bridgehead atoms. The Morgan fingerprint density at radius 1 is 1.23 bits per heavy atom. The topological polar surface area (TPSA) is 77.3 Å². The number of ether oxygens (including phenoxy) is 1. The van der Waals surface area contributed by atoms with Crippen molar-refractivity contribution in [3.8, 4) is 0 Å². The molecule has 1 aliphatic rings. The lowest BCUT2D eigenvalue weighted by Gasteiger charge is -2.24. The summed E-state index contributed by atoms with van der Waals surface area (Å²) in [6.45, 7) is 2.03. The van der Waals surface area contributed by atoms with E-state index < -0.39 is 0 Å². The molecule has 0 unspecified atom stereocenters. The second-order valence-corrected chi connectivity index (χ2v) is 8.25. The van der Waals surface area contributed by atoms with E-state index in [4.69, 9.17) is 21.4 Å². The van der Waals surface area contributed by atoms with Crippen molar-refractivity contribution >= 4 is 28.3 Å². The monoisotopic (exact) mass is 440 g/mol. The highest BCUT2D eigenvalue weighted by atomic mass is 35.5. The summed E-state index contributed by atoms with van der Waals surface area (Å²) < 4.78 is 6.34. The fourth-order valence-corrected chi connectivity index (χ4v) is 4.30. The van der Waals surface area contributed by atoms with E-state index in [0.717, 1.165) is 36.0 Å². The first-order valence-electron chi connectivity index (χ1n) is 10.4. The van der Waals surface area contributed by atoms with Crippen molar-refractivity contribution < 1.29 is 9.53 Å². The van der Waals surface area contributed by atoms with Crippen LogP contribution in [0, 0.1) is 0 Å². The van der Waals surface area contributed by atoms with E-state index in [1.807, 2.05) is 24.3 Å². The molecule has 1 atom stereocenters. The predicted octanol–water partition coefficient (Wildman–Crippen LogP) is 3.06. The number of fused-ring (bicyclic) bond motifs is 1. The minimum atomic E-state index is -0.218. The van der Waals surface area contributed by atoms with Crippen LogP contribution in [0.25, 0.3) is 10.8 Å². The molecule has 0 saturated carbocycles. The Labute approximate surface area is 185 Å². The number of carbonyl (C=O) groups excluding carboxylic acids is 1. The minimum absolute atomic E-state index is 0.114. The molecule has 31 heavy (non-hydrogen) atoms. The summed E-state index contributed by atoms with van der Waals surface area (Å²) in [5.41, 5.74) is 1.76. The van der Waals surface area contributed by atoms with E-state index in [-0.39, 0.29) is 17.6 Å². The van der Waals surface area contributed by atoms with Crippen LogP contribution in [0.2, 0.25) is 5.02 Å². The molecule has 3 heterocycles. The van der Waals surface area contributed by atoms with Crippen molar-refractivity contribution in [2.75, 3.05) is 20.2 Å². The Morgan fingerprint density at radius 3 is 2.81 bits per heavy atom. The molecule has 0 N–H and O–H groups in total. The quantitative estimate of drug-likeness (QED) is 0.525. The van der Waals surface area contributed by atoms with Crippen molar-refractivity contribution in [2.24, 2.45) is 0 Å². The maximum absolute atomic E-state index is 13.1. The largest absolute Gasteiger partial charge is 0.469 e. The summed E-state index contributed by atoms with van der Waals surface area (Å²) in [5.74, 6) is -0.218. The zero-order valence-electron chi connectivity index (χ0n) is 17.5. The molecule has 162 valence electrons. The lowest BCUT2D eigenvalue weighted by atomic mass is 10.1. The number of aromatic nitrogens is 3. The second kappa shape index (κ2) is 9.58. The van der Waals surface area contributed by atoms with Crippen molar-refractivity contribution in [1.82, 2.24) is 19.7 Å². The van der Waals surface area contributed by atoms with E-state index in [2.05, 4.69) is 9.88 Å². The molecular weight excluding hydrogens is 416 g/mol. The number of halogens is 1. The lowest BCUT2D eigenvalue weighted by Crippen LogP contribution is -2.38. The predicted molar refractivity (Wildman–Crippen MR) is 119 cm³/mol. The van der Waals surface area contributed by atoms with Crippen LogP contribution in [-0.4, -0.2) is 51.9 Å². The van der Waals surface area contributed by atoms with Gasteiger partial charge in [0.05, 0.1) is 31.2 Å². The van der Waals surface area contributed by atoms with Gasteiger partial charge in [0, 0.05) is 41.8 Å². The van der Waals surface area contributed by atoms with Crippen LogP contribution in [0.1, 0.15) is 30.5 Å². The summed E-state index contributed by atoms with van der Waals surface area (Å²) in [6, 6.07) is 9.55. The fourth-order valence-electron chi connectivity index (χ4n) is 4.18. The summed E-state index contributed by atoms with van der Waals surface area (Å²) in [5, 5.41) is 6.81. The third kappa shape index (κ3) is 4.94. The third-order valence-corrected chi connectivity index (χ3v) is 6.09. The number of methoxy groups -OCH3 is 1. The maximum atomic E-state index is 13.1. The van der Waals surface area contributed by atoms with E-state index >= 15 is 0 Å². The van der Waals surface area contributed by atoms with Gasteiger partial charge in [-0.25, -0.2) is 4.68 Å². The summed E-state index contributed by atoms with van der Waals surface area (Å²) in [4.78, 5) is 31.1. The van der Waals surface area contributed by atoms with Crippen LogP contribution in [0.5, 0.6) is 0 Å². The molecular formula is C23H25ClN4O3. The van der Waals surface area contributed by atoms with Gasteiger partial charge in [0.25, 0.3) is 5.56 Å². The van der Waals surface area contributed by atoms with Crippen LogP contribution in [-0.2, 0) is 22.5 Å². The number of carbonyl (C=O) groups is 1. The Morgan fingerprint density at radius 2 is 2.03 bits per heavy atom. The molecule has 0 aliphatic carbocycles. The van der Waals surface area contributed by atoms with Gasteiger partial charge < -0.3 is 4.74 Å². The first-order chi connectivity index (χ1) is 15.0. The number of pyridine rings is 1. The van der Waals surface area contributed by atoms with Gasteiger partial charge in [-0.3, -0.25) is 19.5 Å². The second-order valence-electron chi connectivity index (χ2n) is 7.82. The molecule has 4 rings (SSSR count). The Kier molecular flexibility index (Phi) is 6.63. The number of hydrogen-bond donors (Lipinski definition) is 0. The summed E-state index contributed by atoms with van der Waals surface area (Å²) >= 11 is 6.01. The first-order valence-corrected chi connectivity index (χ1v) is 10.8. The van der Waals surface area contributed by atoms with Crippen molar-refractivity contribution in [3.63, 3.8) is 0 Å². The van der Waals surface area contributed by atoms with Crippen molar-refractivity contribution in [1.29, 1.82) is 0 Å². The molecule has 0 radical (unpaired) electrons. The average Bonchev–Trinajstić information content (AvgIpc) is 3.23. The smallest absolute Gasteiger partial charge is 0.306 e. The van der Waals surface area contributed by atoms with Crippen LogP contribution in [0.4, 0.5) is 0 Å². The molecule has 8 heteroatoms. The highest BCUT2D eigenvalue weighted by Gasteiger charge is 2.26. The van der Waals surface area contributed by atoms with Gasteiger partial charge in [-0.05, 0) is 43.1 Å². The molecule has 1 aliphatic heterocycles. The van der Waals surface area contributed by atoms with Crippen LogP contribution >= 0.6 is 11.6 Å². The van der Waals surface area contributed by atoms with E-state index in [1.54, 1.807) is 23.1 Å². The maximum Gasteiger partial charge on any atom is 0.306 e. The minimum Gasteiger partial charge on any atom is -0.469 e.